The van der Waals surface area contributed by atoms with Gasteiger partial charge in [-0.05, 0) is 47.9 Å². The average molecular weight is 336 g/mol. The molecule has 3 aromatic rings. The summed E-state index contributed by atoms with van der Waals surface area (Å²) in [5.41, 5.74) is 2.44. The number of allylic oxidation sites excluding steroid dienone is 1. The first kappa shape index (κ1) is 16.8. The van der Waals surface area contributed by atoms with Crippen LogP contribution in [0.1, 0.15) is 24.7 Å². The molecule has 0 unspecified atom stereocenters. The number of aromatic nitrogens is 2. The highest BCUT2D eigenvalue weighted by Crippen LogP contribution is 2.29. The van der Waals surface area contributed by atoms with Crippen molar-refractivity contribution in [3.8, 4) is 11.5 Å². The molecule has 0 saturated heterocycles. The Morgan fingerprint density at radius 1 is 1.12 bits per heavy atom. The molecule has 5 nitrogen and oxygen atoms in total. The summed E-state index contributed by atoms with van der Waals surface area (Å²) >= 11 is 0. The third-order valence-electron chi connectivity index (χ3n) is 4.05. The van der Waals surface area contributed by atoms with Gasteiger partial charge in [-0.25, -0.2) is 4.98 Å². The van der Waals surface area contributed by atoms with Gasteiger partial charge in [0, 0.05) is 0 Å². The molecule has 1 heterocycles. The lowest BCUT2D eigenvalue weighted by molar-refractivity contribution is 0.355. The van der Waals surface area contributed by atoms with E-state index in [2.05, 4.69) is 9.97 Å². The van der Waals surface area contributed by atoms with Gasteiger partial charge >= 0.3 is 0 Å². The highest BCUT2D eigenvalue weighted by molar-refractivity contribution is 5.83. The van der Waals surface area contributed by atoms with Crippen LogP contribution in [0.15, 0.2) is 47.3 Å². The molecule has 0 radical (unpaired) electrons. The maximum atomic E-state index is 12.3. The van der Waals surface area contributed by atoms with Crippen LogP contribution in [-0.2, 0) is 0 Å². The van der Waals surface area contributed by atoms with Crippen molar-refractivity contribution in [1.82, 2.24) is 9.97 Å². The number of hydrogen-bond acceptors (Lipinski definition) is 4. The molecule has 0 bridgehead atoms. The molecule has 0 spiro atoms. The molecule has 0 fully saturated rings. The molecule has 0 atom stereocenters. The van der Waals surface area contributed by atoms with Gasteiger partial charge in [0.05, 0.1) is 25.1 Å². The van der Waals surface area contributed by atoms with Crippen LogP contribution >= 0.6 is 0 Å². The summed E-state index contributed by atoms with van der Waals surface area (Å²) in [6.07, 6.45) is 2.73. The van der Waals surface area contributed by atoms with Crippen molar-refractivity contribution >= 4 is 22.6 Å². The SMILES string of the molecule is CC/C(=C\c1ccc(OC)c(OC)c1)c1nc2ccccc2c(=O)[nH]1. The molecule has 0 aliphatic heterocycles. The summed E-state index contributed by atoms with van der Waals surface area (Å²) in [6, 6.07) is 13.0. The molecular formula is C20H20N2O3. The smallest absolute Gasteiger partial charge is 0.259 e. The molecule has 5 heteroatoms. The lowest BCUT2D eigenvalue weighted by atomic mass is 10.1. The normalized spacial score (nSPS) is 11.6. The number of hydrogen-bond donors (Lipinski definition) is 1. The highest BCUT2D eigenvalue weighted by Gasteiger charge is 2.08. The van der Waals surface area contributed by atoms with Gasteiger partial charge in [-0.1, -0.05) is 25.1 Å². The molecule has 0 aliphatic carbocycles. The number of methoxy groups -OCH3 is 2. The number of ether oxygens (including phenoxy) is 2. The Labute approximate surface area is 145 Å². The van der Waals surface area contributed by atoms with Crippen molar-refractivity contribution in [1.29, 1.82) is 0 Å². The maximum Gasteiger partial charge on any atom is 0.259 e. The van der Waals surface area contributed by atoms with Crippen molar-refractivity contribution in [3.05, 3.63) is 64.2 Å². The van der Waals surface area contributed by atoms with Crippen molar-refractivity contribution < 1.29 is 9.47 Å². The van der Waals surface area contributed by atoms with Crippen LogP contribution in [0.25, 0.3) is 22.6 Å². The second kappa shape index (κ2) is 7.21. The predicted octanol–water partition coefficient (Wildman–Crippen LogP) is 3.89. The third-order valence-corrected chi connectivity index (χ3v) is 4.05. The molecule has 128 valence electrons. The van der Waals surface area contributed by atoms with E-state index in [0.717, 1.165) is 17.6 Å². The number of fused-ring (bicyclic) bond motifs is 1. The number of H-pyrrole nitrogens is 1. The van der Waals surface area contributed by atoms with Crippen LogP contribution in [0.4, 0.5) is 0 Å². The number of nitrogens with zero attached hydrogens (tertiary/aromatic N) is 1. The van der Waals surface area contributed by atoms with Gasteiger partial charge in [-0.2, -0.15) is 0 Å². The Morgan fingerprint density at radius 3 is 2.60 bits per heavy atom. The Kier molecular flexibility index (Phi) is 4.84. The molecular weight excluding hydrogens is 316 g/mol. The van der Waals surface area contributed by atoms with E-state index in [1.807, 2.05) is 49.4 Å². The van der Waals surface area contributed by atoms with Crippen LogP contribution in [0.2, 0.25) is 0 Å². The molecule has 1 aromatic heterocycles. The largest absolute Gasteiger partial charge is 0.493 e. The summed E-state index contributed by atoms with van der Waals surface area (Å²) in [6.45, 7) is 2.03. The van der Waals surface area contributed by atoms with Crippen LogP contribution in [0.5, 0.6) is 11.5 Å². The first-order valence-electron chi connectivity index (χ1n) is 8.08. The summed E-state index contributed by atoms with van der Waals surface area (Å²) in [5.74, 6) is 1.92. The van der Waals surface area contributed by atoms with Gasteiger partial charge in [0.2, 0.25) is 0 Å². The van der Waals surface area contributed by atoms with Crippen LogP contribution in [0.3, 0.4) is 0 Å². The van der Waals surface area contributed by atoms with E-state index in [0.29, 0.717) is 28.2 Å². The first-order chi connectivity index (χ1) is 12.2. The van der Waals surface area contributed by atoms with E-state index in [9.17, 15) is 4.79 Å². The minimum atomic E-state index is -0.132. The van der Waals surface area contributed by atoms with Crippen LogP contribution in [-0.4, -0.2) is 24.2 Å². The molecule has 0 aliphatic rings. The number of aromatic amines is 1. The average Bonchev–Trinajstić information content (AvgIpc) is 2.65. The standard InChI is InChI=1S/C20H20N2O3/c1-4-14(11-13-9-10-17(24-2)18(12-13)25-3)19-21-16-8-6-5-7-15(16)20(23)22-19/h5-12H,4H2,1-3H3,(H,21,22,23)/b14-11+. The van der Waals surface area contributed by atoms with Gasteiger partial charge in [0.15, 0.2) is 11.5 Å². The Bertz CT molecular complexity index is 990. The van der Waals surface area contributed by atoms with Crippen molar-refractivity contribution in [2.24, 2.45) is 0 Å². The molecule has 3 rings (SSSR count). The lowest BCUT2D eigenvalue weighted by Gasteiger charge is -2.09. The molecule has 0 amide bonds. The Hall–Kier alpha value is -3.08. The van der Waals surface area contributed by atoms with Crippen molar-refractivity contribution in [2.75, 3.05) is 14.2 Å². The monoisotopic (exact) mass is 336 g/mol. The second-order valence-electron chi connectivity index (χ2n) is 5.57. The maximum absolute atomic E-state index is 12.3. The minimum Gasteiger partial charge on any atom is -0.493 e. The minimum absolute atomic E-state index is 0.132. The van der Waals surface area contributed by atoms with Gasteiger partial charge in [0.25, 0.3) is 5.56 Å². The lowest BCUT2D eigenvalue weighted by Crippen LogP contribution is -2.11. The number of para-hydroxylation sites is 1. The summed E-state index contributed by atoms with van der Waals surface area (Å²) in [5, 5.41) is 0.591. The van der Waals surface area contributed by atoms with Crippen LogP contribution < -0.4 is 15.0 Å². The first-order valence-corrected chi connectivity index (χ1v) is 8.08. The fraction of sp³-hybridized carbons (Fsp3) is 0.200. The zero-order chi connectivity index (χ0) is 17.8. The highest BCUT2D eigenvalue weighted by atomic mass is 16.5. The Morgan fingerprint density at radius 2 is 1.88 bits per heavy atom. The Balaban J connectivity index is 2.08. The summed E-state index contributed by atoms with van der Waals surface area (Å²) in [7, 11) is 3.21. The van der Waals surface area contributed by atoms with Gasteiger partial charge in [-0.3, -0.25) is 4.79 Å². The van der Waals surface area contributed by atoms with E-state index >= 15 is 0 Å². The number of benzene rings is 2. The van der Waals surface area contributed by atoms with E-state index in [1.54, 1.807) is 20.3 Å². The fourth-order valence-corrected chi connectivity index (χ4v) is 2.72. The van der Waals surface area contributed by atoms with E-state index in [4.69, 9.17) is 9.47 Å². The van der Waals surface area contributed by atoms with Gasteiger partial charge in [-0.15, -0.1) is 0 Å². The van der Waals surface area contributed by atoms with Crippen molar-refractivity contribution in [2.45, 2.75) is 13.3 Å². The molecule has 25 heavy (non-hydrogen) atoms. The molecule has 2 aromatic carbocycles. The quantitative estimate of drug-likeness (QED) is 0.768. The van der Waals surface area contributed by atoms with Crippen LogP contribution in [0, 0.1) is 0 Å². The van der Waals surface area contributed by atoms with Crippen molar-refractivity contribution in [3.63, 3.8) is 0 Å². The topological polar surface area (TPSA) is 64.2 Å². The fourth-order valence-electron chi connectivity index (χ4n) is 2.72. The summed E-state index contributed by atoms with van der Waals surface area (Å²) in [4.78, 5) is 19.8. The second-order valence-corrected chi connectivity index (χ2v) is 5.57. The molecule has 0 saturated carbocycles. The van der Waals surface area contributed by atoms with E-state index < -0.39 is 0 Å². The predicted molar refractivity (Wildman–Crippen MR) is 100 cm³/mol. The summed E-state index contributed by atoms with van der Waals surface area (Å²) < 4.78 is 10.6. The third kappa shape index (κ3) is 3.40. The van der Waals surface area contributed by atoms with Gasteiger partial charge < -0.3 is 14.5 Å². The van der Waals surface area contributed by atoms with Gasteiger partial charge in [0.1, 0.15) is 5.82 Å². The molecule has 1 N–H and O–H groups in total. The number of nitrogens with one attached hydrogen (secondary N) is 1. The van der Waals surface area contributed by atoms with E-state index in [1.165, 1.54) is 0 Å². The zero-order valence-electron chi connectivity index (χ0n) is 14.5. The van der Waals surface area contributed by atoms with E-state index in [-0.39, 0.29) is 5.56 Å². The zero-order valence-corrected chi connectivity index (χ0v) is 14.5. The number of rotatable bonds is 5.